The van der Waals surface area contributed by atoms with E-state index in [9.17, 15) is 0 Å². The van der Waals surface area contributed by atoms with Crippen LogP contribution in [0.5, 0.6) is 0 Å². The van der Waals surface area contributed by atoms with E-state index in [1.807, 2.05) is 0 Å². The van der Waals surface area contributed by atoms with E-state index in [0.29, 0.717) is 0 Å². The Morgan fingerprint density at radius 1 is 1.57 bits per heavy atom. The molecule has 0 fully saturated rings. The lowest BCUT2D eigenvalue weighted by Gasteiger charge is -1.91. The second-order valence-electron chi connectivity index (χ2n) is 1.03. The van der Waals surface area contributed by atoms with Gasteiger partial charge >= 0.3 is 0 Å². The topological polar surface area (TPSA) is 52.0 Å². The Kier molecular flexibility index (Phi) is 7.30. The van der Waals surface area contributed by atoms with Crippen LogP contribution in [0.2, 0.25) is 0 Å². The molecular formula is C2H10N4Si. The first kappa shape index (κ1) is 9.59. The lowest BCUT2D eigenvalue weighted by atomic mass is 11.2. The minimum Gasteiger partial charge on any atom is -0.253 e. The lowest BCUT2D eigenvalue weighted by molar-refractivity contribution is 0.429. The molecular weight excluding hydrogens is 108 g/mol. The highest BCUT2D eigenvalue weighted by molar-refractivity contribution is 5.75. The zero-order chi connectivity index (χ0) is 4.99. The van der Waals surface area contributed by atoms with E-state index < -0.39 is 0 Å². The van der Waals surface area contributed by atoms with Gasteiger partial charge in [0.25, 0.3) is 0 Å². The summed E-state index contributed by atoms with van der Waals surface area (Å²) >= 11 is 0. The molecule has 0 radical (unpaired) electrons. The molecule has 0 aromatic heterocycles. The summed E-state index contributed by atoms with van der Waals surface area (Å²) in [5, 5.41) is 4.53. The first-order valence-corrected chi connectivity index (χ1v) is 1.49. The van der Waals surface area contributed by atoms with Crippen LogP contribution in [0.1, 0.15) is 0 Å². The van der Waals surface area contributed by atoms with Crippen molar-refractivity contribution in [2.75, 3.05) is 14.1 Å². The van der Waals surface area contributed by atoms with Crippen molar-refractivity contribution in [2.24, 2.45) is 5.22 Å². The minimum atomic E-state index is 0. The second-order valence-corrected chi connectivity index (χ2v) is 1.03. The monoisotopic (exact) mass is 118 g/mol. The van der Waals surface area contributed by atoms with Crippen molar-refractivity contribution in [2.45, 2.75) is 0 Å². The Balaban J connectivity index is 0. The molecule has 0 bridgehead atoms. The summed E-state index contributed by atoms with van der Waals surface area (Å²) in [5.74, 6) is 0. The van der Waals surface area contributed by atoms with Crippen molar-refractivity contribution >= 4 is 11.0 Å². The van der Waals surface area contributed by atoms with Crippen LogP contribution in [-0.4, -0.2) is 30.1 Å². The van der Waals surface area contributed by atoms with Crippen LogP contribution in [0.4, 0.5) is 0 Å². The van der Waals surface area contributed by atoms with Crippen LogP contribution in [0.25, 0.3) is 10.4 Å². The first-order chi connectivity index (χ1) is 2.77. The maximum absolute atomic E-state index is 7.65. The Morgan fingerprint density at radius 3 is 2.00 bits per heavy atom. The van der Waals surface area contributed by atoms with Crippen LogP contribution in [0.3, 0.4) is 0 Å². The molecule has 0 saturated heterocycles. The van der Waals surface area contributed by atoms with Crippen molar-refractivity contribution in [1.82, 2.24) is 5.01 Å². The molecule has 0 heterocycles. The Bertz CT molecular complexity index is 73.8. The van der Waals surface area contributed by atoms with E-state index in [0.717, 1.165) is 0 Å². The van der Waals surface area contributed by atoms with Crippen LogP contribution in [0.15, 0.2) is 5.22 Å². The van der Waals surface area contributed by atoms with Crippen LogP contribution in [-0.2, 0) is 0 Å². The average molecular weight is 118 g/mol. The summed E-state index contributed by atoms with van der Waals surface area (Å²) in [4.78, 5) is 2.49. The summed E-state index contributed by atoms with van der Waals surface area (Å²) < 4.78 is 0. The minimum absolute atomic E-state index is 0. The Hall–Kier alpha value is -0.673. The molecule has 4 nitrogen and oxygen atoms in total. The van der Waals surface area contributed by atoms with Gasteiger partial charge in [0.15, 0.2) is 0 Å². The van der Waals surface area contributed by atoms with E-state index in [1.165, 1.54) is 5.01 Å². The summed E-state index contributed by atoms with van der Waals surface area (Å²) in [7, 11) is 3.33. The standard InChI is InChI=1S/C2H6N4.H4Si/c1-6(2)5-4-3;/h1-2H3;1H4. The molecule has 0 saturated carbocycles. The number of nitrogens with zero attached hydrogens (tertiary/aromatic N) is 4. The van der Waals surface area contributed by atoms with Gasteiger partial charge in [0, 0.05) is 0 Å². The molecule has 42 valence electrons. The normalized spacial score (nSPS) is 5.43. The third-order valence-corrected chi connectivity index (χ3v) is 0.219. The van der Waals surface area contributed by atoms with E-state index in [2.05, 4.69) is 10.1 Å². The van der Waals surface area contributed by atoms with Crippen LogP contribution in [0, 0.1) is 0 Å². The molecule has 0 rings (SSSR count). The van der Waals surface area contributed by atoms with Crippen LogP contribution >= 0.6 is 0 Å². The zero-order valence-corrected chi connectivity index (χ0v) is 3.79. The maximum Gasteiger partial charge on any atom is 0.0774 e. The SMILES string of the molecule is CN(C)N=[N+]=[N-].[SiH4]. The summed E-state index contributed by atoms with van der Waals surface area (Å²) in [6, 6.07) is 0. The van der Waals surface area contributed by atoms with Crippen molar-refractivity contribution in [3.05, 3.63) is 10.4 Å². The van der Waals surface area contributed by atoms with E-state index >= 15 is 0 Å². The molecule has 0 N–H and O–H groups in total. The van der Waals surface area contributed by atoms with Crippen molar-refractivity contribution < 1.29 is 0 Å². The third-order valence-electron chi connectivity index (χ3n) is 0.219. The van der Waals surface area contributed by atoms with Gasteiger partial charge in [-0.05, 0) is 16.2 Å². The third kappa shape index (κ3) is 10.9. The number of hydrogen-bond acceptors (Lipinski definition) is 1. The number of hydrogen-bond donors (Lipinski definition) is 0. The highest BCUT2D eigenvalue weighted by atomic mass is 28.1. The average Bonchev–Trinajstić information content (AvgIpc) is 1.35. The molecule has 0 amide bonds. The number of rotatable bonds is 1. The molecule has 0 spiro atoms. The molecule has 7 heavy (non-hydrogen) atoms. The lowest BCUT2D eigenvalue weighted by Crippen LogP contribution is -1.97. The highest BCUT2D eigenvalue weighted by Gasteiger charge is 1.70. The van der Waals surface area contributed by atoms with Crippen molar-refractivity contribution in [3.63, 3.8) is 0 Å². The fourth-order valence-electron chi connectivity index (χ4n) is 0.0800. The van der Waals surface area contributed by atoms with Gasteiger partial charge in [-0.3, -0.25) is 5.01 Å². The van der Waals surface area contributed by atoms with Gasteiger partial charge in [-0.15, -0.1) is 5.53 Å². The molecule has 0 unspecified atom stereocenters. The second kappa shape index (κ2) is 5.33. The smallest absolute Gasteiger partial charge is 0.0774 e. The van der Waals surface area contributed by atoms with Gasteiger partial charge in [0.2, 0.25) is 0 Å². The summed E-state index contributed by atoms with van der Waals surface area (Å²) in [5.41, 5.74) is 7.65. The molecule has 0 aromatic carbocycles. The molecule has 0 aliphatic rings. The van der Waals surface area contributed by atoms with Crippen molar-refractivity contribution in [1.29, 1.82) is 0 Å². The van der Waals surface area contributed by atoms with Gasteiger partial charge in [-0.2, -0.15) is 4.91 Å². The van der Waals surface area contributed by atoms with Gasteiger partial charge in [-0.1, -0.05) is 0 Å². The molecule has 0 aliphatic heterocycles. The highest BCUT2D eigenvalue weighted by Crippen LogP contribution is 1.70. The summed E-state index contributed by atoms with van der Waals surface area (Å²) in [6.07, 6.45) is 0. The zero-order valence-electron chi connectivity index (χ0n) is 3.79. The van der Waals surface area contributed by atoms with Gasteiger partial charge in [0.05, 0.1) is 14.1 Å². The Labute approximate surface area is 46.7 Å². The quantitative estimate of drug-likeness (QED) is 0.148. The largest absolute Gasteiger partial charge is 0.253 e. The molecule has 0 atom stereocenters. The van der Waals surface area contributed by atoms with E-state index in [1.54, 1.807) is 14.1 Å². The van der Waals surface area contributed by atoms with Gasteiger partial charge in [0.1, 0.15) is 0 Å². The van der Waals surface area contributed by atoms with Crippen molar-refractivity contribution in [3.8, 4) is 0 Å². The Morgan fingerprint density at radius 2 is 2.00 bits per heavy atom. The van der Waals surface area contributed by atoms with Gasteiger partial charge < -0.3 is 0 Å². The summed E-state index contributed by atoms with van der Waals surface area (Å²) in [6.45, 7) is 0. The van der Waals surface area contributed by atoms with E-state index in [4.69, 9.17) is 5.53 Å². The van der Waals surface area contributed by atoms with Gasteiger partial charge in [-0.25, -0.2) is 0 Å². The fraction of sp³-hybridized carbons (Fsp3) is 1.00. The fourth-order valence-corrected chi connectivity index (χ4v) is 0.0800. The van der Waals surface area contributed by atoms with Crippen LogP contribution < -0.4 is 0 Å². The predicted octanol–water partition coefficient (Wildman–Crippen LogP) is -0.678. The molecule has 0 aromatic rings. The maximum atomic E-state index is 7.65. The number of azide groups is 1. The molecule has 5 heteroatoms. The van der Waals surface area contributed by atoms with E-state index in [-0.39, 0.29) is 11.0 Å². The predicted molar refractivity (Wildman–Crippen MR) is 34.2 cm³/mol. The molecule has 0 aliphatic carbocycles. The first-order valence-electron chi connectivity index (χ1n) is 1.49.